The molecule has 0 amide bonds. The standard InChI is InChI=1S/C9H10ClFN2O3/c1-12(2-3-14)8-4-6(10)7(11)5-9(8)13(15)16/h4-5,14H,2-3H2,1H3. The molecule has 0 fully saturated rings. The van der Waals surface area contributed by atoms with Gasteiger partial charge in [0, 0.05) is 13.6 Å². The highest BCUT2D eigenvalue weighted by Crippen LogP contribution is 2.32. The van der Waals surface area contributed by atoms with Crippen molar-refractivity contribution in [3.63, 3.8) is 0 Å². The first-order valence-corrected chi connectivity index (χ1v) is 4.80. The molecule has 0 spiro atoms. The first-order valence-electron chi connectivity index (χ1n) is 4.42. The molecule has 0 bridgehead atoms. The van der Waals surface area contributed by atoms with Crippen molar-refractivity contribution in [3.8, 4) is 0 Å². The topological polar surface area (TPSA) is 66.6 Å². The van der Waals surface area contributed by atoms with Crippen molar-refractivity contribution in [1.29, 1.82) is 0 Å². The Morgan fingerprint density at radius 3 is 2.75 bits per heavy atom. The Kier molecular flexibility index (Phi) is 4.03. The highest BCUT2D eigenvalue weighted by atomic mass is 35.5. The molecule has 0 heterocycles. The number of aliphatic hydroxyl groups is 1. The molecule has 16 heavy (non-hydrogen) atoms. The van der Waals surface area contributed by atoms with Gasteiger partial charge in [-0.2, -0.15) is 0 Å². The zero-order valence-corrected chi connectivity index (χ0v) is 9.24. The molecule has 1 aromatic carbocycles. The summed E-state index contributed by atoms with van der Waals surface area (Å²) in [5.74, 6) is -0.838. The van der Waals surface area contributed by atoms with E-state index >= 15 is 0 Å². The van der Waals surface area contributed by atoms with E-state index in [9.17, 15) is 14.5 Å². The minimum Gasteiger partial charge on any atom is -0.395 e. The molecule has 1 rings (SSSR count). The third-order valence-electron chi connectivity index (χ3n) is 2.06. The lowest BCUT2D eigenvalue weighted by molar-refractivity contribution is -0.384. The van der Waals surface area contributed by atoms with Gasteiger partial charge in [-0.25, -0.2) is 4.39 Å². The molecule has 0 saturated carbocycles. The van der Waals surface area contributed by atoms with E-state index in [1.165, 1.54) is 11.0 Å². The Hall–Kier alpha value is -1.40. The van der Waals surface area contributed by atoms with Crippen molar-refractivity contribution in [2.75, 3.05) is 25.1 Å². The Bertz CT molecular complexity index is 414. The molecule has 0 aliphatic rings. The van der Waals surface area contributed by atoms with E-state index in [4.69, 9.17) is 16.7 Å². The third kappa shape index (κ3) is 2.59. The molecule has 88 valence electrons. The van der Waals surface area contributed by atoms with Gasteiger partial charge in [-0.1, -0.05) is 11.6 Å². The summed E-state index contributed by atoms with van der Waals surface area (Å²) in [7, 11) is 1.55. The van der Waals surface area contributed by atoms with Gasteiger partial charge in [-0.3, -0.25) is 10.1 Å². The maximum absolute atomic E-state index is 13.1. The summed E-state index contributed by atoms with van der Waals surface area (Å²) >= 11 is 5.55. The number of aliphatic hydroxyl groups excluding tert-OH is 1. The Labute approximate surface area is 96.2 Å². The van der Waals surface area contributed by atoms with Crippen molar-refractivity contribution in [2.45, 2.75) is 0 Å². The SMILES string of the molecule is CN(CCO)c1cc(Cl)c(F)cc1[N+](=O)[O-]. The normalized spacial score (nSPS) is 10.2. The highest BCUT2D eigenvalue weighted by Gasteiger charge is 2.20. The van der Waals surface area contributed by atoms with Crippen molar-refractivity contribution in [3.05, 3.63) is 33.1 Å². The minimum atomic E-state index is -0.838. The van der Waals surface area contributed by atoms with E-state index in [0.717, 1.165) is 6.07 Å². The smallest absolute Gasteiger partial charge is 0.295 e. The zero-order valence-electron chi connectivity index (χ0n) is 8.48. The van der Waals surface area contributed by atoms with Gasteiger partial charge >= 0.3 is 0 Å². The van der Waals surface area contributed by atoms with Crippen LogP contribution in [0.2, 0.25) is 5.02 Å². The van der Waals surface area contributed by atoms with Crippen LogP contribution in [0, 0.1) is 15.9 Å². The molecule has 0 saturated heterocycles. The monoisotopic (exact) mass is 248 g/mol. The second kappa shape index (κ2) is 5.09. The third-order valence-corrected chi connectivity index (χ3v) is 2.35. The average molecular weight is 249 g/mol. The number of rotatable bonds is 4. The molecule has 1 N–H and O–H groups in total. The fourth-order valence-electron chi connectivity index (χ4n) is 1.25. The maximum Gasteiger partial charge on any atom is 0.295 e. The van der Waals surface area contributed by atoms with E-state index < -0.39 is 10.7 Å². The van der Waals surface area contributed by atoms with Crippen LogP contribution in [-0.4, -0.2) is 30.2 Å². The second-order valence-electron chi connectivity index (χ2n) is 3.16. The number of nitro groups is 1. The first-order chi connectivity index (χ1) is 7.47. The van der Waals surface area contributed by atoms with Crippen LogP contribution in [-0.2, 0) is 0 Å². The lowest BCUT2D eigenvalue weighted by Crippen LogP contribution is -2.22. The average Bonchev–Trinajstić information content (AvgIpc) is 2.21. The van der Waals surface area contributed by atoms with Crippen LogP contribution in [0.4, 0.5) is 15.8 Å². The van der Waals surface area contributed by atoms with E-state index in [1.54, 1.807) is 7.05 Å². The number of likely N-dealkylation sites (N-methyl/N-ethyl adjacent to an activating group) is 1. The summed E-state index contributed by atoms with van der Waals surface area (Å²) in [4.78, 5) is 11.4. The first kappa shape index (κ1) is 12.7. The lowest BCUT2D eigenvalue weighted by Gasteiger charge is -2.18. The number of nitrogens with zero attached hydrogens (tertiary/aromatic N) is 2. The van der Waals surface area contributed by atoms with E-state index in [2.05, 4.69) is 0 Å². The van der Waals surface area contributed by atoms with Gasteiger partial charge in [-0.15, -0.1) is 0 Å². The summed E-state index contributed by atoms with van der Waals surface area (Å²) in [5.41, 5.74) is -0.205. The molecular formula is C9H10ClFN2O3. The van der Waals surface area contributed by atoms with Crippen molar-refractivity contribution >= 4 is 23.0 Å². The highest BCUT2D eigenvalue weighted by molar-refractivity contribution is 6.31. The van der Waals surface area contributed by atoms with Crippen LogP contribution in [0.5, 0.6) is 0 Å². The van der Waals surface area contributed by atoms with E-state index in [-0.39, 0.29) is 29.5 Å². The van der Waals surface area contributed by atoms with Gasteiger partial charge < -0.3 is 10.0 Å². The summed E-state index contributed by atoms with van der Waals surface area (Å²) in [5, 5.41) is 19.2. The Morgan fingerprint density at radius 2 is 2.25 bits per heavy atom. The van der Waals surface area contributed by atoms with Crippen LogP contribution < -0.4 is 4.90 Å². The number of anilines is 1. The molecule has 1 aromatic rings. The van der Waals surface area contributed by atoms with Crippen molar-refractivity contribution in [2.24, 2.45) is 0 Å². The number of nitro benzene ring substituents is 1. The van der Waals surface area contributed by atoms with Gasteiger partial charge in [0.2, 0.25) is 0 Å². The largest absolute Gasteiger partial charge is 0.395 e. The summed E-state index contributed by atoms with van der Waals surface area (Å²) < 4.78 is 13.1. The number of hydrogen-bond donors (Lipinski definition) is 1. The number of hydrogen-bond acceptors (Lipinski definition) is 4. The quantitative estimate of drug-likeness (QED) is 0.652. The second-order valence-corrected chi connectivity index (χ2v) is 3.56. The molecule has 0 unspecified atom stereocenters. The molecular weight excluding hydrogens is 239 g/mol. The number of halogens is 2. The molecule has 7 heteroatoms. The van der Waals surface area contributed by atoms with Crippen LogP contribution in [0.15, 0.2) is 12.1 Å². The molecule has 0 radical (unpaired) electrons. The number of benzene rings is 1. The van der Waals surface area contributed by atoms with Crippen LogP contribution >= 0.6 is 11.6 Å². The van der Waals surface area contributed by atoms with E-state index in [1.807, 2.05) is 0 Å². The van der Waals surface area contributed by atoms with Gasteiger partial charge in [0.15, 0.2) is 0 Å². The van der Waals surface area contributed by atoms with Gasteiger partial charge in [0.05, 0.1) is 22.6 Å². The van der Waals surface area contributed by atoms with Gasteiger partial charge in [0.25, 0.3) is 5.69 Å². The summed E-state index contributed by atoms with van der Waals surface area (Å²) in [6, 6.07) is 1.94. The fraction of sp³-hybridized carbons (Fsp3) is 0.333. The molecule has 0 aliphatic heterocycles. The van der Waals surface area contributed by atoms with Crippen molar-refractivity contribution < 1.29 is 14.4 Å². The maximum atomic E-state index is 13.1. The predicted octanol–water partition coefficient (Wildman–Crippen LogP) is 1.82. The molecule has 5 nitrogen and oxygen atoms in total. The van der Waals surface area contributed by atoms with Crippen molar-refractivity contribution in [1.82, 2.24) is 0 Å². The Morgan fingerprint density at radius 1 is 1.62 bits per heavy atom. The fourth-order valence-corrected chi connectivity index (χ4v) is 1.41. The summed E-state index contributed by atoms with van der Waals surface area (Å²) in [6.07, 6.45) is 0. The molecule has 0 aromatic heterocycles. The van der Waals surface area contributed by atoms with Gasteiger partial charge in [-0.05, 0) is 6.07 Å². The zero-order chi connectivity index (χ0) is 12.3. The Balaban J connectivity index is 3.24. The lowest BCUT2D eigenvalue weighted by atomic mass is 10.2. The van der Waals surface area contributed by atoms with Crippen LogP contribution in [0.25, 0.3) is 0 Å². The van der Waals surface area contributed by atoms with Crippen LogP contribution in [0.1, 0.15) is 0 Å². The predicted molar refractivity (Wildman–Crippen MR) is 58.4 cm³/mol. The van der Waals surface area contributed by atoms with E-state index in [0.29, 0.717) is 0 Å². The molecule has 0 atom stereocenters. The summed E-state index contributed by atoms with van der Waals surface area (Å²) in [6.45, 7) is 0.0332. The molecule has 0 aliphatic carbocycles. The van der Waals surface area contributed by atoms with Gasteiger partial charge in [0.1, 0.15) is 11.5 Å². The van der Waals surface area contributed by atoms with Crippen LogP contribution in [0.3, 0.4) is 0 Å². The minimum absolute atomic E-state index is 0.164.